The molecule has 0 radical (unpaired) electrons. The van der Waals surface area contributed by atoms with Crippen LogP contribution in [0.15, 0.2) is 70.1 Å². The van der Waals surface area contributed by atoms with Crippen LogP contribution in [0.2, 0.25) is 0 Å². The van der Waals surface area contributed by atoms with Crippen LogP contribution in [0.4, 0.5) is 5.82 Å². The van der Waals surface area contributed by atoms with E-state index in [0.717, 1.165) is 22.8 Å². The minimum absolute atomic E-state index is 0.0226. The molecule has 9 heteroatoms. The number of fused-ring (bicyclic) bond motifs is 1. The molecule has 1 saturated heterocycles. The van der Waals surface area contributed by atoms with Crippen LogP contribution in [-0.2, 0) is 0 Å². The fraction of sp³-hybridized carbons (Fsp3) is 0.286. The van der Waals surface area contributed by atoms with Crippen LogP contribution in [0.5, 0.6) is 11.5 Å². The van der Waals surface area contributed by atoms with E-state index in [1.807, 2.05) is 50.2 Å². The van der Waals surface area contributed by atoms with Gasteiger partial charge in [-0.1, -0.05) is 12.1 Å². The number of aromatic nitrogens is 2. The summed E-state index contributed by atoms with van der Waals surface area (Å²) in [5.74, 6) is 1.75. The Hall–Kier alpha value is -4.40. The summed E-state index contributed by atoms with van der Waals surface area (Å²) in [7, 11) is 0. The Labute approximate surface area is 214 Å². The van der Waals surface area contributed by atoms with Gasteiger partial charge in [0.25, 0.3) is 5.91 Å². The van der Waals surface area contributed by atoms with Crippen molar-refractivity contribution in [1.29, 1.82) is 0 Å². The Bertz CT molecular complexity index is 1460. The largest absolute Gasteiger partial charge is 0.494 e. The van der Waals surface area contributed by atoms with Crippen molar-refractivity contribution in [3.05, 3.63) is 76.9 Å². The van der Waals surface area contributed by atoms with Crippen LogP contribution in [0.25, 0.3) is 22.2 Å². The molecule has 0 N–H and O–H groups in total. The lowest BCUT2D eigenvalue weighted by Gasteiger charge is -2.35. The number of amides is 1. The number of rotatable bonds is 7. The average Bonchev–Trinajstić information content (AvgIpc) is 2.94. The normalized spacial score (nSPS) is 13.6. The van der Waals surface area contributed by atoms with E-state index in [1.165, 1.54) is 0 Å². The summed E-state index contributed by atoms with van der Waals surface area (Å²) in [6.45, 7) is 6.95. The van der Waals surface area contributed by atoms with Crippen molar-refractivity contribution in [3.8, 4) is 22.8 Å². The van der Waals surface area contributed by atoms with Gasteiger partial charge in [0.2, 0.25) is 0 Å². The maximum atomic E-state index is 13.2. The van der Waals surface area contributed by atoms with Crippen LogP contribution in [0.1, 0.15) is 24.2 Å². The van der Waals surface area contributed by atoms with E-state index in [4.69, 9.17) is 13.9 Å². The number of anilines is 1. The highest BCUT2D eigenvalue weighted by Gasteiger charge is 2.26. The summed E-state index contributed by atoms with van der Waals surface area (Å²) in [5, 5.41) is 0.648. The van der Waals surface area contributed by atoms with Gasteiger partial charge in [0, 0.05) is 43.2 Å². The van der Waals surface area contributed by atoms with Gasteiger partial charge in [-0.3, -0.25) is 4.79 Å². The highest BCUT2D eigenvalue weighted by Crippen LogP contribution is 2.26. The first kappa shape index (κ1) is 24.3. The molecule has 37 heavy (non-hydrogen) atoms. The summed E-state index contributed by atoms with van der Waals surface area (Å²) in [6.07, 6.45) is 1.55. The molecule has 1 fully saturated rings. The molecule has 190 valence electrons. The molecule has 0 saturated carbocycles. The van der Waals surface area contributed by atoms with Gasteiger partial charge in [0.1, 0.15) is 23.5 Å². The van der Waals surface area contributed by atoms with E-state index in [0.29, 0.717) is 56.1 Å². The Morgan fingerprint density at radius 3 is 2.43 bits per heavy atom. The smallest absolute Gasteiger partial charge is 0.349 e. The third-order valence-electron chi connectivity index (χ3n) is 6.26. The molecule has 0 atom stereocenters. The molecule has 2 aromatic heterocycles. The number of piperazine rings is 1. The van der Waals surface area contributed by atoms with E-state index in [9.17, 15) is 9.59 Å². The Morgan fingerprint density at radius 1 is 0.946 bits per heavy atom. The zero-order chi connectivity index (χ0) is 25.8. The van der Waals surface area contributed by atoms with Gasteiger partial charge in [-0.2, -0.15) is 0 Å². The van der Waals surface area contributed by atoms with Crippen LogP contribution >= 0.6 is 0 Å². The van der Waals surface area contributed by atoms with Gasteiger partial charge in [-0.15, -0.1) is 0 Å². The van der Waals surface area contributed by atoms with Gasteiger partial charge in [-0.05, 0) is 50.2 Å². The van der Waals surface area contributed by atoms with E-state index >= 15 is 0 Å². The lowest BCUT2D eigenvalue weighted by atomic mass is 10.1. The third-order valence-corrected chi connectivity index (χ3v) is 6.26. The van der Waals surface area contributed by atoms with Gasteiger partial charge in [0.05, 0.1) is 18.9 Å². The van der Waals surface area contributed by atoms with Crippen LogP contribution in [0, 0.1) is 0 Å². The van der Waals surface area contributed by atoms with Gasteiger partial charge in [-0.25, -0.2) is 14.8 Å². The van der Waals surface area contributed by atoms with Crippen molar-refractivity contribution in [2.45, 2.75) is 13.8 Å². The van der Waals surface area contributed by atoms with Gasteiger partial charge in [0.15, 0.2) is 11.3 Å². The average molecular weight is 501 g/mol. The number of carbonyl (C=O) groups is 1. The molecule has 9 nitrogen and oxygen atoms in total. The first-order chi connectivity index (χ1) is 18.1. The summed E-state index contributed by atoms with van der Waals surface area (Å²) in [5.41, 5.74) is 1.49. The van der Waals surface area contributed by atoms with Crippen molar-refractivity contribution in [3.63, 3.8) is 0 Å². The fourth-order valence-corrected chi connectivity index (χ4v) is 4.41. The van der Waals surface area contributed by atoms with Crippen LogP contribution in [-0.4, -0.2) is 60.2 Å². The van der Waals surface area contributed by atoms with E-state index in [-0.39, 0.29) is 11.5 Å². The fourth-order valence-electron chi connectivity index (χ4n) is 4.41. The summed E-state index contributed by atoms with van der Waals surface area (Å²) < 4.78 is 16.6. The summed E-state index contributed by atoms with van der Waals surface area (Å²) in [4.78, 5) is 38.5. The number of hydrogen-bond donors (Lipinski definition) is 0. The Morgan fingerprint density at radius 2 is 1.70 bits per heavy atom. The van der Waals surface area contributed by atoms with Crippen molar-refractivity contribution >= 4 is 22.7 Å². The number of ether oxygens (including phenoxy) is 2. The molecule has 5 rings (SSSR count). The standard InChI is InChI=1S/C28H28N4O5/c1-3-35-21-10-8-19(9-11-21)23-17-25(30-18-29-23)31-12-14-32(15-13-31)27(33)22-16-20-6-5-7-24(36-4-2)26(20)37-28(22)34/h5-11,16-18H,3-4,12-15H2,1-2H3. The molecule has 0 bridgehead atoms. The molecule has 3 heterocycles. The predicted molar refractivity (Wildman–Crippen MR) is 140 cm³/mol. The highest BCUT2D eigenvalue weighted by molar-refractivity contribution is 5.97. The number of hydrogen-bond acceptors (Lipinski definition) is 8. The van der Waals surface area contributed by atoms with Gasteiger partial charge < -0.3 is 23.7 Å². The maximum absolute atomic E-state index is 13.2. The SMILES string of the molecule is CCOc1ccc(-c2cc(N3CCN(C(=O)c4cc5cccc(OCC)c5oc4=O)CC3)ncn2)cc1. The van der Waals surface area contributed by atoms with Crippen molar-refractivity contribution in [2.75, 3.05) is 44.3 Å². The molecular weight excluding hydrogens is 472 g/mol. The van der Waals surface area contributed by atoms with Crippen molar-refractivity contribution in [1.82, 2.24) is 14.9 Å². The monoisotopic (exact) mass is 500 g/mol. The molecule has 0 unspecified atom stereocenters. The van der Waals surface area contributed by atoms with E-state index < -0.39 is 5.63 Å². The second-order valence-corrected chi connectivity index (χ2v) is 8.55. The first-order valence-electron chi connectivity index (χ1n) is 12.4. The lowest BCUT2D eigenvalue weighted by molar-refractivity contribution is 0.0742. The highest BCUT2D eigenvalue weighted by atomic mass is 16.5. The van der Waals surface area contributed by atoms with Gasteiger partial charge >= 0.3 is 5.63 Å². The molecule has 0 spiro atoms. The minimum Gasteiger partial charge on any atom is -0.494 e. The maximum Gasteiger partial charge on any atom is 0.349 e. The Balaban J connectivity index is 1.28. The van der Waals surface area contributed by atoms with Crippen molar-refractivity contribution < 1.29 is 18.7 Å². The Kier molecular flexibility index (Phi) is 7.02. The lowest BCUT2D eigenvalue weighted by Crippen LogP contribution is -2.49. The molecule has 4 aromatic rings. The van der Waals surface area contributed by atoms with E-state index in [2.05, 4.69) is 14.9 Å². The van der Waals surface area contributed by atoms with Crippen LogP contribution in [0.3, 0.4) is 0 Å². The molecule has 2 aromatic carbocycles. The molecule has 1 aliphatic heterocycles. The molecular formula is C28H28N4O5. The summed E-state index contributed by atoms with van der Waals surface area (Å²) >= 11 is 0. The topological polar surface area (TPSA) is 98.0 Å². The van der Waals surface area contributed by atoms with Crippen LogP contribution < -0.4 is 20.0 Å². The third kappa shape index (κ3) is 5.11. The molecule has 1 amide bonds. The van der Waals surface area contributed by atoms with E-state index in [1.54, 1.807) is 29.4 Å². The summed E-state index contributed by atoms with van der Waals surface area (Å²) in [6, 6.07) is 16.7. The van der Waals surface area contributed by atoms with Crippen molar-refractivity contribution in [2.24, 2.45) is 0 Å². The second-order valence-electron chi connectivity index (χ2n) is 8.55. The zero-order valence-corrected chi connectivity index (χ0v) is 20.8. The first-order valence-corrected chi connectivity index (χ1v) is 12.4. The minimum atomic E-state index is -0.664. The number of para-hydroxylation sites is 1. The zero-order valence-electron chi connectivity index (χ0n) is 20.8. The second kappa shape index (κ2) is 10.7. The molecule has 1 aliphatic rings. The number of nitrogens with zero attached hydrogens (tertiary/aromatic N) is 4. The quantitative estimate of drug-likeness (QED) is 0.351. The number of benzene rings is 2. The predicted octanol–water partition coefficient (Wildman–Crippen LogP) is 4.01. The number of carbonyl (C=O) groups excluding carboxylic acids is 1. The molecule has 0 aliphatic carbocycles.